The van der Waals surface area contributed by atoms with Gasteiger partial charge < -0.3 is 19.3 Å². The quantitative estimate of drug-likeness (QED) is 0.162. The number of amidine groups is 1. The van der Waals surface area contributed by atoms with Crippen molar-refractivity contribution in [1.29, 1.82) is 0 Å². The lowest BCUT2D eigenvalue weighted by atomic mass is 10.1. The lowest BCUT2D eigenvalue weighted by molar-refractivity contribution is -0.122. The van der Waals surface area contributed by atoms with Crippen LogP contribution in [0.3, 0.4) is 0 Å². The SMILES string of the molecule is CCOc1cc(/C=C2\SC(=Nc3ccccc3)N(Cc3ccc(OC)cc3)C2=O)cc(Br)c1OCc1ccc(C(=O)O)cc1. The van der Waals surface area contributed by atoms with Crippen LogP contribution in [0.25, 0.3) is 6.08 Å². The summed E-state index contributed by atoms with van der Waals surface area (Å²) in [6.07, 6.45) is 1.82. The maximum absolute atomic E-state index is 13.8. The lowest BCUT2D eigenvalue weighted by Crippen LogP contribution is -2.28. The van der Waals surface area contributed by atoms with E-state index in [9.17, 15) is 9.59 Å². The summed E-state index contributed by atoms with van der Waals surface area (Å²) in [6.45, 7) is 2.86. The second-order valence-electron chi connectivity index (χ2n) is 9.63. The van der Waals surface area contributed by atoms with Crippen molar-refractivity contribution >= 4 is 56.5 Å². The number of carboxylic acids is 1. The molecular weight excluding hydrogens is 644 g/mol. The highest BCUT2D eigenvalue weighted by Crippen LogP contribution is 2.40. The first-order chi connectivity index (χ1) is 21.3. The number of carbonyl (C=O) groups excluding carboxylic acids is 1. The summed E-state index contributed by atoms with van der Waals surface area (Å²) in [6, 6.07) is 27.4. The summed E-state index contributed by atoms with van der Waals surface area (Å²) in [4.78, 5) is 31.9. The highest BCUT2D eigenvalue weighted by atomic mass is 79.9. The second kappa shape index (κ2) is 14.3. The van der Waals surface area contributed by atoms with E-state index in [0.29, 0.717) is 39.2 Å². The van der Waals surface area contributed by atoms with Crippen LogP contribution < -0.4 is 14.2 Å². The number of nitrogens with zero attached hydrogens (tertiary/aromatic N) is 2. The number of carbonyl (C=O) groups is 2. The van der Waals surface area contributed by atoms with Crippen LogP contribution in [0.5, 0.6) is 17.2 Å². The summed E-state index contributed by atoms with van der Waals surface area (Å²) in [5, 5.41) is 9.73. The van der Waals surface area contributed by atoms with Crippen LogP contribution in [-0.2, 0) is 17.9 Å². The molecule has 224 valence electrons. The molecule has 0 spiro atoms. The van der Waals surface area contributed by atoms with Crippen molar-refractivity contribution in [3.63, 3.8) is 0 Å². The molecule has 0 aliphatic carbocycles. The van der Waals surface area contributed by atoms with Crippen LogP contribution in [0.2, 0.25) is 0 Å². The zero-order chi connectivity index (χ0) is 31.1. The van der Waals surface area contributed by atoms with E-state index in [-0.39, 0.29) is 18.1 Å². The molecule has 0 bridgehead atoms. The van der Waals surface area contributed by atoms with Crippen molar-refractivity contribution in [3.8, 4) is 17.2 Å². The molecule has 1 aliphatic rings. The van der Waals surface area contributed by atoms with Crippen LogP contribution in [0.4, 0.5) is 5.69 Å². The largest absolute Gasteiger partial charge is 0.497 e. The molecule has 0 unspecified atom stereocenters. The molecule has 1 amide bonds. The molecule has 0 saturated carbocycles. The number of aromatic carboxylic acids is 1. The number of methoxy groups -OCH3 is 1. The maximum atomic E-state index is 13.8. The average Bonchev–Trinajstić information content (AvgIpc) is 3.30. The third-order valence-corrected chi connectivity index (χ3v) is 8.18. The molecule has 1 saturated heterocycles. The predicted octanol–water partition coefficient (Wildman–Crippen LogP) is 7.94. The van der Waals surface area contributed by atoms with Gasteiger partial charge in [-0.2, -0.15) is 0 Å². The molecule has 1 aliphatic heterocycles. The molecule has 1 fully saturated rings. The summed E-state index contributed by atoms with van der Waals surface area (Å²) in [5.41, 5.74) is 3.47. The fourth-order valence-corrected chi connectivity index (χ4v) is 5.95. The number of benzene rings is 4. The number of ether oxygens (including phenoxy) is 3. The van der Waals surface area contributed by atoms with Crippen LogP contribution in [0.1, 0.15) is 34.0 Å². The minimum Gasteiger partial charge on any atom is -0.497 e. The minimum absolute atomic E-state index is 0.153. The van der Waals surface area contributed by atoms with E-state index >= 15 is 0 Å². The Morgan fingerprint density at radius 1 is 0.977 bits per heavy atom. The Bertz CT molecular complexity index is 1710. The average molecular weight is 674 g/mol. The van der Waals surface area contributed by atoms with Gasteiger partial charge in [0.2, 0.25) is 0 Å². The second-order valence-corrected chi connectivity index (χ2v) is 11.5. The van der Waals surface area contributed by atoms with E-state index in [1.807, 2.05) is 79.7 Å². The molecule has 1 heterocycles. The molecule has 1 N–H and O–H groups in total. The van der Waals surface area contributed by atoms with Gasteiger partial charge in [-0.3, -0.25) is 9.69 Å². The standard InChI is InChI=1S/C34H29BrN2O6S/c1-3-42-29-18-24(17-28(35)31(29)43-21-23-9-13-25(14-10-23)33(39)40)19-30-32(38)37(20-22-11-15-27(41-2)16-12-22)34(44-30)36-26-7-5-4-6-8-26/h4-19H,3,20-21H2,1-2H3,(H,39,40)/b30-19-,36-34?. The summed E-state index contributed by atoms with van der Waals surface area (Å²) in [5.74, 6) is 0.632. The summed E-state index contributed by atoms with van der Waals surface area (Å²) >= 11 is 4.93. The van der Waals surface area contributed by atoms with Crippen LogP contribution >= 0.6 is 27.7 Å². The first-order valence-electron chi connectivity index (χ1n) is 13.7. The molecule has 8 nitrogen and oxygen atoms in total. The van der Waals surface area contributed by atoms with Crippen molar-refractivity contribution in [3.05, 3.63) is 123 Å². The highest BCUT2D eigenvalue weighted by Gasteiger charge is 2.33. The van der Waals surface area contributed by atoms with Crippen molar-refractivity contribution in [2.75, 3.05) is 13.7 Å². The van der Waals surface area contributed by atoms with Gasteiger partial charge >= 0.3 is 5.97 Å². The fourth-order valence-electron chi connectivity index (χ4n) is 4.38. The maximum Gasteiger partial charge on any atom is 0.335 e. The first-order valence-corrected chi connectivity index (χ1v) is 15.3. The number of hydrogen-bond donors (Lipinski definition) is 1. The molecule has 0 aromatic heterocycles. The Labute approximate surface area is 268 Å². The van der Waals surface area contributed by atoms with E-state index in [1.165, 1.54) is 11.8 Å². The third-order valence-electron chi connectivity index (χ3n) is 6.58. The van der Waals surface area contributed by atoms with Gasteiger partial charge in [0.1, 0.15) is 12.4 Å². The third kappa shape index (κ3) is 7.50. The number of hydrogen-bond acceptors (Lipinski definition) is 7. The summed E-state index contributed by atoms with van der Waals surface area (Å²) in [7, 11) is 1.62. The molecule has 4 aromatic carbocycles. The van der Waals surface area contributed by atoms with E-state index in [1.54, 1.807) is 36.3 Å². The number of thioether (sulfide) groups is 1. The Balaban J connectivity index is 1.42. The molecule has 0 radical (unpaired) electrons. The number of amides is 1. The number of halogens is 1. The molecule has 44 heavy (non-hydrogen) atoms. The highest BCUT2D eigenvalue weighted by molar-refractivity contribution is 9.10. The van der Waals surface area contributed by atoms with Crippen molar-refractivity contribution in [2.45, 2.75) is 20.1 Å². The van der Waals surface area contributed by atoms with Gasteiger partial charge in [0.05, 0.1) is 40.9 Å². The molecule has 10 heteroatoms. The van der Waals surface area contributed by atoms with E-state index < -0.39 is 5.97 Å². The summed E-state index contributed by atoms with van der Waals surface area (Å²) < 4.78 is 17.9. The zero-order valence-electron chi connectivity index (χ0n) is 24.0. The van der Waals surface area contributed by atoms with E-state index in [4.69, 9.17) is 24.3 Å². The first kappa shape index (κ1) is 30.9. The smallest absolute Gasteiger partial charge is 0.335 e. The van der Waals surface area contributed by atoms with Crippen molar-refractivity contribution in [1.82, 2.24) is 4.90 Å². The monoisotopic (exact) mass is 672 g/mol. The number of rotatable bonds is 11. The zero-order valence-corrected chi connectivity index (χ0v) is 26.4. The Morgan fingerprint density at radius 3 is 2.34 bits per heavy atom. The topological polar surface area (TPSA) is 97.7 Å². The van der Waals surface area contributed by atoms with Gasteiger partial charge in [0, 0.05) is 0 Å². The van der Waals surface area contributed by atoms with Gasteiger partial charge in [-0.05, 0) is 106 Å². The Hall–Kier alpha value is -4.54. The number of carboxylic acid groups (broad SMARTS) is 1. The van der Waals surface area contributed by atoms with Gasteiger partial charge in [0.25, 0.3) is 5.91 Å². The molecule has 5 rings (SSSR count). The predicted molar refractivity (Wildman–Crippen MR) is 176 cm³/mol. The Morgan fingerprint density at radius 2 is 1.68 bits per heavy atom. The van der Waals surface area contributed by atoms with Crippen LogP contribution in [0, 0.1) is 0 Å². The molecular formula is C34H29BrN2O6S. The number of aliphatic imine (C=N–C) groups is 1. The van der Waals surface area contributed by atoms with E-state index in [0.717, 1.165) is 28.1 Å². The van der Waals surface area contributed by atoms with Gasteiger partial charge in [-0.25, -0.2) is 9.79 Å². The lowest BCUT2D eigenvalue weighted by Gasteiger charge is -2.16. The van der Waals surface area contributed by atoms with Crippen LogP contribution in [-0.4, -0.2) is 40.8 Å². The van der Waals surface area contributed by atoms with Gasteiger partial charge in [0.15, 0.2) is 16.7 Å². The van der Waals surface area contributed by atoms with Crippen molar-refractivity contribution in [2.24, 2.45) is 4.99 Å². The normalized spacial score (nSPS) is 14.7. The number of para-hydroxylation sites is 1. The molecule has 4 aromatic rings. The minimum atomic E-state index is -0.982. The van der Waals surface area contributed by atoms with Crippen molar-refractivity contribution < 1.29 is 28.9 Å². The van der Waals surface area contributed by atoms with Crippen LogP contribution in [0.15, 0.2) is 105 Å². The fraction of sp³-hybridized carbons (Fsp3) is 0.147. The van der Waals surface area contributed by atoms with Gasteiger partial charge in [-0.15, -0.1) is 0 Å². The molecule has 0 atom stereocenters. The van der Waals surface area contributed by atoms with E-state index in [2.05, 4.69) is 15.9 Å². The van der Waals surface area contributed by atoms with Gasteiger partial charge in [-0.1, -0.05) is 42.5 Å². The Kier molecular flexibility index (Phi) is 10.0.